The molecule has 0 heterocycles. The second kappa shape index (κ2) is 12.8. The first-order chi connectivity index (χ1) is 18.7. The number of benzene rings is 3. The van der Waals surface area contributed by atoms with Crippen LogP contribution in [0.15, 0.2) is 83.0 Å². The van der Waals surface area contributed by atoms with Gasteiger partial charge < -0.3 is 5.32 Å². The molecule has 0 atom stereocenters. The van der Waals surface area contributed by atoms with Crippen LogP contribution < -0.4 is 5.32 Å². The molecule has 1 aliphatic rings. The molecule has 1 N–H and O–H groups in total. The van der Waals surface area contributed by atoms with Crippen molar-refractivity contribution >= 4 is 17.1 Å². The van der Waals surface area contributed by atoms with Gasteiger partial charge in [0.2, 0.25) is 0 Å². The van der Waals surface area contributed by atoms with Gasteiger partial charge in [0.05, 0.1) is 11.4 Å². The Labute approximate surface area is 237 Å². The maximum absolute atomic E-state index is 5.62. The lowest BCUT2D eigenvalue weighted by Crippen LogP contribution is -2.18. The molecule has 1 aliphatic carbocycles. The zero-order chi connectivity index (χ0) is 28.1. The van der Waals surface area contributed by atoms with Crippen LogP contribution in [-0.2, 0) is 0 Å². The summed E-state index contributed by atoms with van der Waals surface area (Å²) in [6, 6.07) is 24.4. The van der Waals surface area contributed by atoms with Gasteiger partial charge >= 0.3 is 0 Å². The first kappa shape index (κ1) is 28.9. The van der Waals surface area contributed by atoms with Gasteiger partial charge in [0.15, 0.2) is 0 Å². The number of hydrogen-bond acceptors (Lipinski definition) is 2. The molecule has 2 nitrogen and oxygen atoms in total. The molecule has 206 valence electrons. The molecule has 3 aromatic rings. The maximum Gasteiger partial charge on any atom is 0.0758 e. The van der Waals surface area contributed by atoms with E-state index in [-0.39, 0.29) is 0 Å². The normalized spacial score (nSPS) is 14.7. The maximum atomic E-state index is 5.62. The van der Waals surface area contributed by atoms with Gasteiger partial charge in [0, 0.05) is 16.9 Å². The lowest BCUT2D eigenvalue weighted by atomic mass is 9.87. The fourth-order valence-electron chi connectivity index (χ4n) is 5.81. The van der Waals surface area contributed by atoms with Crippen LogP contribution in [0.5, 0.6) is 0 Å². The SMILES string of the molecule is CC(C)c1cccc(C(C)C)c1N=C(C1=C(Nc2c(C(C)C)cccc2C(C)C)CCCC1)c1ccccc1. The van der Waals surface area contributed by atoms with Gasteiger partial charge in [0.1, 0.15) is 0 Å². The van der Waals surface area contributed by atoms with E-state index in [1.54, 1.807) is 0 Å². The summed E-state index contributed by atoms with van der Waals surface area (Å²) in [6.07, 6.45) is 4.48. The Kier molecular flexibility index (Phi) is 9.49. The highest BCUT2D eigenvalue weighted by molar-refractivity contribution is 6.14. The number of nitrogens with zero attached hydrogens (tertiary/aromatic N) is 1. The highest BCUT2D eigenvalue weighted by Crippen LogP contribution is 2.39. The van der Waals surface area contributed by atoms with E-state index < -0.39 is 0 Å². The topological polar surface area (TPSA) is 24.4 Å². The minimum Gasteiger partial charge on any atom is -0.358 e. The summed E-state index contributed by atoms with van der Waals surface area (Å²) in [4.78, 5) is 5.62. The second-order valence-electron chi connectivity index (χ2n) is 12.3. The number of allylic oxidation sites excluding steroid dienone is 2. The lowest BCUT2D eigenvalue weighted by Gasteiger charge is -2.28. The standard InChI is InChI=1S/C37H48N2/c1-24(2)29-19-14-20-30(25(3)4)36(29)38-34-23-13-12-18-33(34)35(28-16-10-9-11-17-28)39-37-31(26(5)6)21-15-22-32(37)27(7)8/h9-11,14-17,19-22,24-27,38H,12-13,18,23H2,1-8H3. The van der Waals surface area contributed by atoms with Crippen LogP contribution in [0, 0.1) is 0 Å². The van der Waals surface area contributed by atoms with Crippen LogP contribution in [0.2, 0.25) is 0 Å². The predicted octanol–water partition coefficient (Wildman–Crippen LogP) is 11.2. The van der Waals surface area contributed by atoms with Crippen LogP contribution in [0.1, 0.15) is 133 Å². The quantitative estimate of drug-likeness (QED) is 0.279. The van der Waals surface area contributed by atoms with E-state index in [1.165, 1.54) is 57.6 Å². The molecule has 0 bridgehead atoms. The van der Waals surface area contributed by atoms with Gasteiger partial charge in [-0.05, 0) is 77.2 Å². The molecule has 0 radical (unpaired) electrons. The third-order valence-corrected chi connectivity index (χ3v) is 8.02. The number of anilines is 1. The first-order valence-corrected chi connectivity index (χ1v) is 15.1. The Balaban J connectivity index is 1.98. The molecule has 3 aromatic carbocycles. The monoisotopic (exact) mass is 520 g/mol. The van der Waals surface area contributed by atoms with Crippen molar-refractivity contribution < 1.29 is 0 Å². The molecule has 0 unspecified atom stereocenters. The number of rotatable bonds is 9. The number of para-hydroxylation sites is 2. The molecule has 0 aliphatic heterocycles. The number of aliphatic imine (C=N–C) groups is 1. The third-order valence-electron chi connectivity index (χ3n) is 8.02. The molecule has 39 heavy (non-hydrogen) atoms. The summed E-state index contributed by atoms with van der Waals surface area (Å²) in [5.41, 5.74) is 12.9. The van der Waals surface area contributed by atoms with Crippen molar-refractivity contribution in [1.82, 2.24) is 0 Å². The number of hydrogen-bond donors (Lipinski definition) is 1. The van der Waals surface area contributed by atoms with Gasteiger partial charge in [-0.25, -0.2) is 4.99 Å². The van der Waals surface area contributed by atoms with E-state index in [9.17, 15) is 0 Å². The summed E-state index contributed by atoms with van der Waals surface area (Å²) in [6.45, 7) is 18.3. The second-order valence-corrected chi connectivity index (χ2v) is 12.3. The van der Waals surface area contributed by atoms with Gasteiger partial charge in [-0.2, -0.15) is 0 Å². The molecule has 0 aromatic heterocycles. The average molecular weight is 521 g/mol. The molecule has 0 fully saturated rings. The van der Waals surface area contributed by atoms with Crippen molar-refractivity contribution in [2.75, 3.05) is 5.32 Å². The van der Waals surface area contributed by atoms with Crippen molar-refractivity contribution in [3.05, 3.63) is 106 Å². The molecular formula is C37H48N2. The lowest BCUT2D eigenvalue weighted by molar-refractivity contribution is 0.689. The largest absolute Gasteiger partial charge is 0.358 e. The summed E-state index contributed by atoms with van der Waals surface area (Å²) < 4.78 is 0. The van der Waals surface area contributed by atoms with Crippen LogP contribution in [0.3, 0.4) is 0 Å². The zero-order valence-corrected chi connectivity index (χ0v) is 25.4. The van der Waals surface area contributed by atoms with Crippen LogP contribution >= 0.6 is 0 Å². The minimum absolute atomic E-state index is 0.406. The Morgan fingerprint density at radius 1 is 0.590 bits per heavy atom. The third kappa shape index (κ3) is 6.55. The van der Waals surface area contributed by atoms with Crippen molar-refractivity contribution in [1.29, 1.82) is 0 Å². The average Bonchev–Trinajstić information content (AvgIpc) is 2.92. The molecule has 4 rings (SSSR count). The van der Waals surface area contributed by atoms with Gasteiger partial charge in [-0.1, -0.05) is 122 Å². The fourth-order valence-corrected chi connectivity index (χ4v) is 5.81. The van der Waals surface area contributed by atoms with Gasteiger partial charge in [-0.15, -0.1) is 0 Å². The van der Waals surface area contributed by atoms with Crippen molar-refractivity contribution in [3.8, 4) is 0 Å². The minimum atomic E-state index is 0.406. The van der Waals surface area contributed by atoms with Crippen LogP contribution in [0.25, 0.3) is 0 Å². The van der Waals surface area contributed by atoms with E-state index in [2.05, 4.69) is 127 Å². The zero-order valence-electron chi connectivity index (χ0n) is 25.4. The van der Waals surface area contributed by atoms with Gasteiger partial charge in [0.25, 0.3) is 0 Å². The summed E-state index contributed by atoms with van der Waals surface area (Å²) in [5.74, 6) is 1.72. The van der Waals surface area contributed by atoms with Crippen molar-refractivity contribution in [2.45, 2.75) is 105 Å². The van der Waals surface area contributed by atoms with E-state index in [0.717, 1.165) is 24.2 Å². The summed E-state index contributed by atoms with van der Waals surface area (Å²) in [5, 5.41) is 4.04. The molecule has 0 amide bonds. The van der Waals surface area contributed by atoms with Crippen molar-refractivity contribution in [3.63, 3.8) is 0 Å². The summed E-state index contributed by atoms with van der Waals surface area (Å²) in [7, 11) is 0. The smallest absolute Gasteiger partial charge is 0.0758 e. The van der Waals surface area contributed by atoms with Crippen LogP contribution in [0.4, 0.5) is 11.4 Å². The molecule has 0 saturated heterocycles. The molecule has 0 spiro atoms. The van der Waals surface area contributed by atoms with Crippen molar-refractivity contribution in [2.24, 2.45) is 4.99 Å². The Hall–Kier alpha value is -3.13. The van der Waals surface area contributed by atoms with E-state index in [1.807, 2.05) is 0 Å². The highest BCUT2D eigenvalue weighted by atomic mass is 14.9. The van der Waals surface area contributed by atoms with Gasteiger partial charge in [-0.3, -0.25) is 0 Å². The van der Waals surface area contributed by atoms with E-state index >= 15 is 0 Å². The first-order valence-electron chi connectivity index (χ1n) is 15.1. The predicted molar refractivity (Wildman–Crippen MR) is 171 cm³/mol. The van der Waals surface area contributed by atoms with E-state index in [4.69, 9.17) is 4.99 Å². The van der Waals surface area contributed by atoms with E-state index in [0.29, 0.717) is 23.7 Å². The Morgan fingerprint density at radius 2 is 1.08 bits per heavy atom. The molecule has 0 saturated carbocycles. The highest BCUT2D eigenvalue weighted by Gasteiger charge is 2.23. The molecular weight excluding hydrogens is 472 g/mol. The summed E-state index contributed by atoms with van der Waals surface area (Å²) >= 11 is 0. The Bertz CT molecular complexity index is 1270. The number of nitrogens with one attached hydrogen (secondary N) is 1. The molecule has 2 heteroatoms. The fraction of sp³-hybridized carbons (Fsp3) is 0.432. The Morgan fingerprint density at radius 3 is 1.59 bits per heavy atom. The van der Waals surface area contributed by atoms with Crippen LogP contribution in [-0.4, -0.2) is 5.71 Å².